The Morgan fingerprint density at radius 1 is 1.35 bits per heavy atom. The van der Waals surface area contributed by atoms with E-state index >= 15 is 0 Å². The second kappa shape index (κ2) is 6.44. The molecule has 1 aromatic heterocycles. The van der Waals surface area contributed by atoms with E-state index in [4.69, 9.17) is 0 Å². The second-order valence-corrected chi connectivity index (χ2v) is 4.31. The van der Waals surface area contributed by atoms with Gasteiger partial charge in [-0.25, -0.2) is 0 Å². The molecule has 0 saturated heterocycles. The maximum atomic E-state index is 13.7. The monoisotopic (exact) mass is 362 g/mol. The minimum absolute atomic E-state index is 0.0910. The van der Waals surface area contributed by atoms with Gasteiger partial charge < -0.3 is 5.32 Å². The third-order valence-corrected chi connectivity index (χ3v) is 2.63. The molecule has 10 heteroatoms. The third kappa shape index (κ3) is 4.67. The number of carbonyl (C=O) groups is 1. The molecule has 1 heterocycles. The van der Waals surface area contributed by atoms with Crippen LogP contribution in [-0.4, -0.2) is 30.4 Å². The van der Waals surface area contributed by atoms with Gasteiger partial charge in [0.2, 0.25) is 0 Å². The summed E-state index contributed by atoms with van der Waals surface area (Å²) in [5.74, 6) is -5.74. The smallest absolute Gasteiger partial charge is 0.348 e. The van der Waals surface area contributed by atoms with Crippen molar-refractivity contribution >= 4 is 21.8 Å². The van der Waals surface area contributed by atoms with Crippen molar-refractivity contribution in [1.82, 2.24) is 10.3 Å². The standard InChI is InChI=1S/C10H8BrF5N2O2/c11-6-2-1-3-17-7(6)9(12,13)8(19)18-4-5-20-10(14,15)16/h1-3H,4-5H2,(H,18,19). The summed E-state index contributed by atoms with van der Waals surface area (Å²) in [4.78, 5) is 14.7. The Morgan fingerprint density at radius 2 is 2.00 bits per heavy atom. The number of aromatic nitrogens is 1. The molecule has 0 aliphatic rings. The molecule has 0 aliphatic carbocycles. The van der Waals surface area contributed by atoms with E-state index in [9.17, 15) is 26.7 Å². The highest BCUT2D eigenvalue weighted by Gasteiger charge is 2.43. The van der Waals surface area contributed by atoms with Gasteiger partial charge in [0, 0.05) is 17.2 Å². The third-order valence-electron chi connectivity index (χ3n) is 1.99. The fourth-order valence-electron chi connectivity index (χ4n) is 1.17. The van der Waals surface area contributed by atoms with Crippen molar-refractivity contribution in [3.8, 4) is 0 Å². The molecule has 1 N–H and O–H groups in total. The van der Waals surface area contributed by atoms with Gasteiger partial charge in [-0.15, -0.1) is 13.2 Å². The molecule has 0 atom stereocenters. The molecule has 20 heavy (non-hydrogen) atoms. The van der Waals surface area contributed by atoms with E-state index in [0.717, 1.165) is 6.20 Å². The van der Waals surface area contributed by atoms with Crippen molar-refractivity contribution < 1.29 is 31.5 Å². The Kier molecular flexibility index (Phi) is 5.40. The van der Waals surface area contributed by atoms with Crippen LogP contribution in [-0.2, 0) is 15.5 Å². The Morgan fingerprint density at radius 3 is 2.55 bits per heavy atom. The van der Waals surface area contributed by atoms with Crippen LogP contribution in [0.3, 0.4) is 0 Å². The molecule has 0 unspecified atom stereocenters. The van der Waals surface area contributed by atoms with Crippen LogP contribution in [0, 0.1) is 0 Å². The minimum atomic E-state index is -4.88. The van der Waals surface area contributed by atoms with Crippen LogP contribution in [0.15, 0.2) is 22.8 Å². The topological polar surface area (TPSA) is 51.2 Å². The second-order valence-electron chi connectivity index (χ2n) is 3.46. The van der Waals surface area contributed by atoms with Gasteiger partial charge in [-0.2, -0.15) is 8.78 Å². The fraction of sp³-hybridized carbons (Fsp3) is 0.400. The van der Waals surface area contributed by atoms with E-state index in [-0.39, 0.29) is 4.47 Å². The zero-order chi connectivity index (χ0) is 15.4. The molecule has 0 bridgehead atoms. The molecule has 0 saturated carbocycles. The number of halogens is 6. The number of nitrogens with zero attached hydrogens (tertiary/aromatic N) is 1. The van der Waals surface area contributed by atoms with Crippen molar-refractivity contribution in [3.63, 3.8) is 0 Å². The molecule has 1 amide bonds. The van der Waals surface area contributed by atoms with Gasteiger partial charge in [-0.05, 0) is 28.1 Å². The highest BCUT2D eigenvalue weighted by molar-refractivity contribution is 9.10. The molecule has 0 aliphatic heterocycles. The Labute approximate surface area is 118 Å². The number of hydrogen-bond donors (Lipinski definition) is 1. The van der Waals surface area contributed by atoms with E-state index in [1.807, 2.05) is 0 Å². The van der Waals surface area contributed by atoms with Crippen LogP contribution >= 0.6 is 15.9 Å². The highest BCUT2D eigenvalue weighted by Crippen LogP contribution is 2.31. The Balaban J connectivity index is 2.60. The number of alkyl halides is 5. The maximum Gasteiger partial charge on any atom is 0.522 e. The van der Waals surface area contributed by atoms with Gasteiger partial charge >= 0.3 is 12.3 Å². The van der Waals surface area contributed by atoms with Crippen LogP contribution < -0.4 is 5.32 Å². The van der Waals surface area contributed by atoms with Gasteiger partial charge in [-0.1, -0.05) is 0 Å². The van der Waals surface area contributed by atoms with Crippen LogP contribution in [0.5, 0.6) is 0 Å². The summed E-state index contributed by atoms with van der Waals surface area (Å²) in [5, 5.41) is 1.65. The Hall–Kier alpha value is -1.29. The summed E-state index contributed by atoms with van der Waals surface area (Å²) in [7, 11) is 0. The predicted octanol–water partition coefficient (Wildman–Crippen LogP) is 2.59. The molecule has 0 aromatic carbocycles. The zero-order valence-corrected chi connectivity index (χ0v) is 11.3. The molecule has 0 radical (unpaired) electrons. The number of carbonyl (C=O) groups excluding carboxylic acids is 1. The summed E-state index contributed by atoms with van der Waals surface area (Å²) >= 11 is 2.81. The number of ether oxygens (including phenoxy) is 1. The quantitative estimate of drug-likeness (QED) is 0.647. The normalized spacial score (nSPS) is 12.3. The van der Waals surface area contributed by atoms with Crippen LogP contribution in [0.2, 0.25) is 0 Å². The highest BCUT2D eigenvalue weighted by atomic mass is 79.9. The summed E-state index contributed by atoms with van der Waals surface area (Å²) < 4.78 is 65.6. The van der Waals surface area contributed by atoms with Gasteiger partial charge in [0.05, 0.1) is 6.61 Å². The molecule has 112 valence electrons. The Bertz CT molecular complexity index is 481. The predicted molar refractivity (Wildman–Crippen MR) is 60.8 cm³/mol. The molecule has 0 fully saturated rings. The molecule has 1 aromatic rings. The first-order valence-corrected chi connectivity index (χ1v) is 5.91. The van der Waals surface area contributed by atoms with Crippen LogP contribution in [0.25, 0.3) is 0 Å². The molecule has 1 rings (SSSR count). The summed E-state index contributed by atoms with van der Waals surface area (Å²) in [6, 6.07) is 2.63. The number of rotatable bonds is 5. The maximum absolute atomic E-state index is 13.7. The summed E-state index contributed by atoms with van der Waals surface area (Å²) in [6.45, 7) is -1.67. The van der Waals surface area contributed by atoms with Crippen molar-refractivity contribution in [1.29, 1.82) is 0 Å². The van der Waals surface area contributed by atoms with Gasteiger partial charge in [-0.3, -0.25) is 14.5 Å². The van der Waals surface area contributed by atoms with Crippen molar-refractivity contribution in [2.24, 2.45) is 0 Å². The van der Waals surface area contributed by atoms with Crippen molar-refractivity contribution in [2.75, 3.05) is 13.2 Å². The van der Waals surface area contributed by atoms with Gasteiger partial charge in [0.25, 0.3) is 5.91 Å². The molecular formula is C10H8BrF5N2O2. The molecule has 4 nitrogen and oxygen atoms in total. The van der Waals surface area contributed by atoms with Crippen LogP contribution in [0.4, 0.5) is 22.0 Å². The largest absolute Gasteiger partial charge is 0.522 e. The molecular weight excluding hydrogens is 355 g/mol. The first-order chi connectivity index (χ1) is 9.14. The summed E-state index contributed by atoms with van der Waals surface area (Å²) in [6.07, 6.45) is -3.81. The number of nitrogens with one attached hydrogen (secondary N) is 1. The average molecular weight is 363 g/mol. The minimum Gasteiger partial charge on any atom is -0.348 e. The van der Waals surface area contributed by atoms with E-state index in [0.29, 0.717) is 0 Å². The van der Waals surface area contributed by atoms with E-state index in [1.54, 1.807) is 5.32 Å². The lowest BCUT2D eigenvalue weighted by Gasteiger charge is -2.16. The van der Waals surface area contributed by atoms with E-state index < -0.39 is 37.0 Å². The SMILES string of the molecule is O=C(NCCOC(F)(F)F)C(F)(F)c1ncccc1Br. The van der Waals surface area contributed by atoms with Crippen LogP contribution in [0.1, 0.15) is 5.69 Å². The van der Waals surface area contributed by atoms with Crippen molar-refractivity contribution in [3.05, 3.63) is 28.5 Å². The number of hydrogen-bond acceptors (Lipinski definition) is 3. The average Bonchev–Trinajstić information content (AvgIpc) is 2.33. The van der Waals surface area contributed by atoms with Gasteiger partial charge in [0.1, 0.15) is 5.69 Å². The molecule has 0 spiro atoms. The lowest BCUT2D eigenvalue weighted by molar-refractivity contribution is -0.323. The lowest BCUT2D eigenvalue weighted by atomic mass is 10.2. The van der Waals surface area contributed by atoms with Gasteiger partial charge in [0.15, 0.2) is 0 Å². The summed E-state index contributed by atoms with van der Waals surface area (Å²) in [5.41, 5.74) is -0.825. The van der Waals surface area contributed by atoms with Crippen molar-refractivity contribution in [2.45, 2.75) is 12.3 Å². The zero-order valence-electron chi connectivity index (χ0n) is 9.68. The van der Waals surface area contributed by atoms with E-state index in [2.05, 4.69) is 25.7 Å². The first-order valence-electron chi connectivity index (χ1n) is 5.12. The number of amides is 1. The lowest BCUT2D eigenvalue weighted by Crippen LogP contribution is -2.40. The number of pyridine rings is 1. The fourth-order valence-corrected chi connectivity index (χ4v) is 1.67. The van der Waals surface area contributed by atoms with E-state index in [1.165, 1.54) is 12.1 Å². The first kappa shape index (κ1) is 16.8.